The number of Topliss-reactive ketones (excluding diaryl/α,β-unsaturated/α-hetero) is 1. The zero-order chi connectivity index (χ0) is 10.8. The molecule has 1 heterocycles. The fourth-order valence-electron chi connectivity index (χ4n) is 1.49. The van der Waals surface area contributed by atoms with Crippen molar-refractivity contribution in [3.8, 4) is 11.4 Å². The van der Waals surface area contributed by atoms with Gasteiger partial charge in [0.2, 0.25) is 0 Å². The van der Waals surface area contributed by atoms with E-state index in [9.17, 15) is 4.79 Å². The van der Waals surface area contributed by atoms with Gasteiger partial charge in [0, 0.05) is 19.5 Å². The SMILES string of the molecule is [CH]C(=O)c1cnc(-c2ccccc2)n1C. The molecule has 0 spiro atoms. The number of hydrogen-bond acceptors (Lipinski definition) is 2. The van der Waals surface area contributed by atoms with Crippen LogP contribution in [0.5, 0.6) is 0 Å². The van der Waals surface area contributed by atoms with Crippen LogP contribution < -0.4 is 0 Å². The Morgan fingerprint density at radius 3 is 2.53 bits per heavy atom. The zero-order valence-corrected chi connectivity index (χ0v) is 8.34. The third kappa shape index (κ3) is 1.68. The smallest absolute Gasteiger partial charge is 0.185 e. The number of aromatic nitrogens is 2. The van der Waals surface area contributed by atoms with Gasteiger partial charge < -0.3 is 4.57 Å². The topological polar surface area (TPSA) is 34.9 Å². The van der Waals surface area contributed by atoms with Crippen molar-refractivity contribution in [1.29, 1.82) is 0 Å². The predicted molar refractivity (Wildman–Crippen MR) is 57.3 cm³/mol. The van der Waals surface area contributed by atoms with Crippen LogP contribution in [0.3, 0.4) is 0 Å². The van der Waals surface area contributed by atoms with Crippen LogP contribution in [0.2, 0.25) is 0 Å². The second kappa shape index (κ2) is 3.69. The first-order valence-electron chi connectivity index (χ1n) is 4.57. The molecule has 2 radical (unpaired) electrons. The molecule has 2 rings (SSSR count). The lowest BCUT2D eigenvalue weighted by atomic mass is 10.2. The van der Waals surface area contributed by atoms with Crippen molar-refractivity contribution >= 4 is 5.78 Å². The highest BCUT2D eigenvalue weighted by molar-refractivity contribution is 5.98. The molecule has 2 aromatic rings. The van der Waals surface area contributed by atoms with Crippen LogP contribution in [-0.4, -0.2) is 15.3 Å². The van der Waals surface area contributed by atoms with E-state index in [1.807, 2.05) is 30.3 Å². The molecule has 0 bridgehead atoms. The van der Waals surface area contributed by atoms with E-state index in [-0.39, 0.29) is 0 Å². The number of nitrogens with zero attached hydrogens (tertiary/aromatic N) is 2. The molecule has 0 aliphatic heterocycles. The summed E-state index contributed by atoms with van der Waals surface area (Å²) >= 11 is 0. The first-order valence-corrected chi connectivity index (χ1v) is 4.57. The average molecular weight is 198 g/mol. The lowest BCUT2D eigenvalue weighted by Crippen LogP contribution is -2.02. The normalized spacial score (nSPS) is 10.3. The van der Waals surface area contributed by atoms with E-state index in [2.05, 4.69) is 4.98 Å². The highest BCUT2D eigenvalue weighted by atomic mass is 16.1. The average Bonchev–Trinajstić information content (AvgIpc) is 2.61. The van der Waals surface area contributed by atoms with Gasteiger partial charge in [-0.15, -0.1) is 0 Å². The molecule has 15 heavy (non-hydrogen) atoms. The minimum absolute atomic E-state index is 0.411. The van der Waals surface area contributed by atoms with Crippen LogP contribution in [0.15, 0.2) is 36.5 Å². The van der Waals surface area contributed by atoms with Crippen LogP contribution in [0.25, 0.3) is 11.4 Å². The molecule has 1 aromatic heterocycles. The van der Waals surface area contributed by atoms with Gasteiger partial charge in [-0.1, -0.05) is 30.3 Å². The molecular weight excluding hydrogens is 188 g/mol. The van der Waals surface area contributed by atoms with Crippen molar-refractivity contribution in [2.24, 2.45) is 7.05 Å². The predicted octanol–water partition coefficient (Wildman–Crippen LogP) is 1.98. The van der Waals surface area contributed by atoms with E-state index in [0.717, 1.165) is 11.4 Å². The van der Waals surface area contributed by atoms with Gasteiger partial charge in [-0.2, -0.15) is 0 Å². The Bertz CT molecular complexity index is 486. The first kappa shape index (κ1) is 9.65. The monoisotopic (exact) mass is 198 g/mol. The Hall–Kier alpha value is -1.90. The number of ketones is 1. The van der Waals surface area contributed by atoms with Crippen LogP contribution in [0.4, 0.5) is 0 Å². The summed E-state index contributed by atoms with van der Waals surface area (Å²) in [4.78, 5) is 15.2. The molecule has 3 heteroatoms. The fourth-order valence-corrected chi connectivity index (χ4v) is 1.49. The minimum atomic E-state index is -0.466. The summed E-state index contributed by atoms with van der Waals surface area (Å²) in [6.07, 6.45) is 1.49. The molecule has 74 valence electrons. The highest BCUT2D eigenvalue weighted by Gasteiger charge is 2.10. The minimum Gasteiger partial charge on any atom is -0.325 e. The second-order valence-corrected chi connectivity index (χ2v) is 3.26. The van der Waals surface area contributed by atoms with Gasteiger partial charge in [0.25, 0.3) is 0 Å². The van der Waals surface area contributed by atoms with Crippen molar-refractivity contribution in [1.82, 2.24) is 9.55 Å². The molecule has 0 saturated carbocycles. The molecule has 0 N–H and O–H groups in total. The molecule has 0 fully saturated rings. The summed E-state index contributed by atoms with van der Waals surface area (Å²) in [5.74, 6) is 0.275. The van der Waals surface area contributed by atoms with E-state index in [1.165, 1.54) is 6.20 Å². The Labute approximate surface area is 88.4 Å². The van der Waals surface area contributed by atoms with Gasteiger partial charge in [-0.3, -0.25) is 4.79 Å². The highest BCUT2D eigenvalue weighted by Crippen LogP contribution is 2.17. The van der Waals surface area contributed by atoms with Crippen LogP contribution in [-0.2, 0) is 7.05 Å². The van der Waals surface area contributed by atoms with Gasteiger partial charge in [0.15, 0.2) is 5.78 Å². The maximum absolute atomic E-state index is 11.0. The number of carbonyl (C=O) groups is 1. The van der Waals surface area contributed by atoms with E-state index >= 15 is 0 Å². The number of hydrogen-bond donors (Lipinski definition) is 0. The van der Waals surface area contributed by atoms with Crippen molar-refractivity contribution in [2.75, 3.05) is 0 Å². The molecule has 3 nitrogen and oxygen atoms in total. The maximum atomic E-state index is 11.0. The summed E-state index contributed by atoms with van der Waals surface area (Å²) in [6.45, 7) is 5.21. The molecular formula is C12H10N2O. The van der Waals surface area contributed by atoms with Crippen LogP contribution in [0, 0.1) is 6.92 Å². The quantitative estimate of drug-likeness (QED) is 0.691. The lowest BCUT2D eigenvalue weighted by Gasteiger charge is -2.03. The molecule has 0 aliphatic rings. The Morgan fingerprint density at radius 1 is 1.33 bits per heavy atom. The van der Waals surface area contributed by atoms with Crippen molar-refractivity contribution < 1.29 is 4.79 Å². The summed E-state index contributed by atoms with van der Waals surface area (Å²) in [6, 6.07) is 9.66. The number of imidazole rings is 1. The summed E-state index contributed by atoms with van der Waals surface area (Å²) in [5, 5.41) is 0. The third-order valence-electron chi connectivity index (χ3n) is 2.27. The lowest BCUT2D eigenvalue weighted by molar-refractivity contribution is 0.103. The number of benzene rings is 1. The van der Waals surface area contributed by atoms with E-state index in [0.29, 0.717) is 5.69 Å². The molecule has 0 saturated heterocycles. The summed E-state index contributed by atoms with van der Waals surface area (Å²) in [7, 11) is 1.77. The Balaban J connectivity index is 2.52. The summed E-state index contributed by atoms with van der Waals surface area (Å²) < 4.78 is 1.69. The molecule has 0 aliphatic carbocycles. The third-order valence-corrected chi connectivity index (χ3v) is 2.27. The molecule has 1 aromatic carbocycles. The van der Waals surface area contributed by atoms with E-state index in [1.54, 1.807) is 11.6 Å². The van der Waals surface area contributed by atoms with Gasteiger partial charge in [0.05, 0.1) is 6.20 Å². The standard InChI is InChI=1S/C12H10N2O/c1-9(15)11-8-13-12(14(11)2)10-6-4-3-5-7-10/h1,3-8H,2H3. The largest absolute Gasteiger partial charge is 0.325 e. The zero-order valence-electron chi connectivity index (χ0n) is 8.34. The summed E-state index contributed by atoms with van der Waals surface area (Å²) in [5.41, 5.74) is 1.38. The van der Waals surface area contributed by atoms with Gasteiger partial charge in [-0.05, 0) is 0 Å². The molecule has 0 unspecified atom stereocenters. The van der Waals surface area contributed by atoms with Crippen molar-refractivity contribution in [3.63, 3.8) is 0 Å². The van der Waals surface area contributed by atoms with Crippen molar-refractivity contribution in [3.05, 3.63) is 49.1 Å². The fraction of sp³-hybridized carbons (Fsp3) is 0.0833. The second-order valence-electron chi connectivity index (χ2n) is 3.26. The van der Waals surface area contributed by atoms with Gasteiger partial charge in [-0.25, -0.2) is 4.98 Å². The number of rotatable bonds is 2. The first-order chi connectivity index (χ1) is 7.20. The van der Waals surface area contributed by atoms with Gasteiger partial charge in [0.1, 0.15) is 11.5 Å². The molecule has 0 atom stereocenters. The van der Waals surface area contributed by atoms with E-state index in [4.69, 9.17) is 6.92 Å². The van der Waals surface area contributed by atoms with Crippen LogP contribution in [0.1, 0.15) is 10.5 Å². The Kier molecular flexibility index (Phi) is 2.37. The van der Waals surface area contributed by atoms with Crippen molar-refractivity contribution in [2.45, 2.75) is 0 Å². The maximum Gasteiger partial charge on any atom is 0.185 e. The van der Waals surface area contributed by atoms with E-state index < -0.39 is 5.78 Å². The van der Waals surface area contributed by atoms with Crippen LogP contribution >= 0.6 is 0 Å². The number of carbonyl (C=O) groups excluding carboxylic acids is 1. The van der Waals surface area contributed by atoms with Gasteiger partial charge >= 0.3 is 0 Å². The Morgan fingerprint density at radius 2 is 2.00 bits per heavy atom. The molecule has 0 amide bonds.